The van der Waals surface area contributed by atoms with Crippen molar-refractivity contribution < 1.29 is 0 Å². The first-order valence-electron chi connectivity index (χ1n) is 19.1. The summed E-state index contributed by atoms with van der Waals surface area (Å²) in [6.45, 7) is 5.84. The Morgan fingerprint density at radius 2 is 0.911 bits per heavy atom. The average Bonchev–Trinajstić information content (AvgIpc) is 3.27. The topological polar surface area (TPSA) is 6.48 Å². The molecule has 2 nitrogen and oxygen atoms in total. The third-order valence-electron chi connectivity index (χ3n) is 10.5. The second-order valence-corrected chi connectivity index (χ2v) is 13.9. The van der Waals surface area contributed by atoms with Gasteiger partial charge in [-0.15, -0.1) is 0 Å². The first kappa shape index (κ1) is 35.8. The summed E-state index contributed by atoms with van der Waals surface area (Å²) >= 11 is 0. The molecule has 0 aromatic heterocycles. The normalized spacial score (nSPS) is 11.0. The fourth-order valence-electron chi connectivity index (χ4n) is 7.50. The van der Waals surface area contributed by atoms with Crippen molar-refractivity contribution in [2.45, 2.75) is 6.92 Å². The van der Waals surface area contributed by atoms with Crippen LogP contribution in [0.1, 0.15) is 11.1 Å². The van der Waals surface area contributed by atoms with Crippen molar-refractivity contribution in [2.75, 3.05) is 16.8 Å². The molecule has 0 aliphatic rings. The Kier molecular flexibility index (Phi) is 10.5. The van der Waals surface area contributed by atoms with E-state index in [9.17, 15) is 0 Å². The van der Waals surface area contributed by atoms with Crippen LogP contribution in [0.4, 0.5) is 28.4 Å². The van der Waals surface area contributed by atoms with E-state index < -0.39 is 0 Å². The Bertz CT molecular complexity index is 2770. The molecule has 0 unspecified atom stereocenters. The maximum absolute atomic E-state index is 3.68. The van der Waals surface area contributed by atoms with E-state index in [1.165, 1.54) is 65.9 Å². The van der Waals surface area contributed by atoms with Gasteiger partial charge in [0.1, 0.15) is 0 Å². The van der Waals surface area contributed by atoms with Gasteiger partial charge in [-0.2, -0.15) is 0 Å². The molecule has 0 aliphatic heterocycles. The van der Waals surface area contributed by atoms with Crippen LogP contribution in [0.3, 0.4) is 0 Å². The smallest absolute Gasteiger partial charge is 0.0546 e. The Hall–Kier alpha value is -7.16. The number of benzene rings is 9. The summed E-state index contributed by atoms with van der Waals surface area (Å²) in [7, 11) is 2.10. The van der Waals surface area contributed by atoms with Gasteiger partial charge in [-0.1, -0.05) is 170 Å². The lowest BCUT2D eigenvalue weighted by Gasteiger charge is -2.27. The molecule has 0 fully saturated rings. The fraction of sp³-hybridized carbons (Fsp3) is 0.0370. The summed E-state index contributed by atoms with van der Waals surface area (Å²) in [5, 5.41) is 7.63. The monoisotopic (exact) mass is 720 g/mol. The van der Waals surface area contributed by atoms with Crippen LogP contribution >= 0.6 is 0 Å². The third kappa shape index (κ3) is 7.46. The quantitative estimate of drug-likeness (QED) is 0.114. The molecule has 0 N–H and O–H groups in total. The van der Waals surface area contributed by atoms with Gasteiger partial charge in [0, 0.05) is 35.2 Å². The van der Waals surface area contributed by atoms with Crippen molar-refractivity contribution in [3.8, 4) is 11.1 Å². The summed E-state index contributed by atoms with van der Waals surface area (Å²) in [6, 6.07) is 71.2. The van der Waals surface area contributed by atoms with E-state index in [0.717, 1.165) is 17.1 Å². The molecule has 0 amide bonds. The minimum absolute atomic E-state index is 1.13. The zero-order valence-electron chi connectivity index (χ0n) is 31.9. The zero-order chi connectivity index (χ0) is 38.3. The zero-order valence-corrected chi connectivity index (χ0v) is 31.9. The summed E-state index contributed by atoms with van der Waals surface area (Å²) in [6.07, 6.45) is 5.86. The highest BCUT2D eigenvalue weighted by Gasteiger charge is 2.17. The Balaban J connectivity index is 0.000000247. The number of aryl methyl sites for hydroxylation is 1. The predicted molar refractivity (Wildman–Crippen MR) is 244 cm³/mol. The van der Waals surface area contributed by atoms with Crippen LogP contribution in [-0.2, 0) is 0 Å². The number of para-hydroxylation sites is 2. The van der Waals surface area contributed by atoms with E-state index in [1.807, 2.05) is 12.1 Å². The SMILES string of the molecule is C=C/C=C\c1ccc2ccccc2c1C.CN(c1ccccc1)c1ccc(-c2ccc(N(c3ccccc3)c3cc4ccccc4c4ccccc34)cc2)cc1. The molecule has 0 heterocycles. The summed E-state index contributed by atoms with van der Waals surface area (Å²) in [5.41, 5.74) is 10.7. The lowest BCUT2D eigenvalue weighted by atomic mass is 9.98. The number of rotatable bonds is 8. The van der Waals surface area contributed by atoms with Crippen molar-refractivity contribution in [1.29, 1.82) is 0 Å². The molecule has 9 aromatic rings. The van der Waals surface area contributed by atoms with Gasteiger partial charge in [0.2, 0.25) is 0 Å². The minimum atomic E-state index is 1.13. The molecule has 0 aliphatic carbocycles. The second-order valence-electron chi connectivity index (χ2n) is 13.9. The Morgan fingerprint density at radius 3 is 1.55 bits per heavy atom. The first-order valence-corrected chi connectivity index (χ1v) is 19.1. The molecular weight excluding hydrogens is 677 g/mol. The molecule has 0 spiro atoms. The van der Waals surface area contributed by atoms with Crippen molar-refractivity contribution in [3.63, 3.8) is 0 Å². The number of fused-ring (bicyclic) bond motifs is 4. The Morgan fingerprint density at radius 1 is 0.429 bits per heavy atom. The van der Waals surface area contributed by atoms with Crippen molar-refractivity contribution in [3.05, 3.63) is 230 Å². The van der Waals surface area contributed by atoms with Crippen LogP contribution in [0, 0.1) is 6.92 Å². The van der Waals surface area contributed by atoms with Crippen LogP contribution in [0.15, 0.2) is 219 Å². The van der Waals surface area contributed by atoms with Gasteiger partial charge in [0.15, 0.2) is 0 Å². The maximum Gasteiger partial charge on any atom is 0.0546 e. The first-order chi connectivity index (χ1) is 27.6. The predicted octanol–water partition coefficient (Wildman–Crippen LogP) is 15.2. The van der Waals surface area contributed by atoms with E-state index in [1.54, 1.807) is 6.08 Å². The van der Waals surface area contributed by atoms with E-state index in [-0.39, 0.29) is 0 Å². The standard InChI is InChI=1S/C39H30N2.C15H14/c1-40(32-13-4-2-5-14-32)33-24-20-29(21-25-33)30-22-26-35(27-23-30)41(34-15-6-3-7-16-34)39-28-31-12-8-9-17-36(31)37-18-10-11-19-38(37)39;1-3-4-7-13-10-11-14-8-5-6-9-15(14)12(13)2/h2-28H,1H3;3-11H,1H2,2H3/b;7-4-. The van der Waals surface area contributed by atoms with Crippen LogP contribution in [0.25, 0.3) is 49.5 Å². The van der Waals surface area contributed by atoms with E-state index in [4.69, 9.17) is 0 Å². The molecule has 0 radical (unpaired) electrons. The highest BCUT2D eigenvalue weighted by molar-refractivity contribution is 6.14. The van der Waals surface area contributed by atoms with Gasteiger partial charge in [0.25, 0.3) is 0 Å². The molecule has 9 rings (SSSR count). The van der Waals surface area contributed by atoms with Crippen LogP contribution in [0.2, 0.25) is 0 Å². The van der Waals surface area contributed by atoms with Gasteiger partial charge >= 0.3 is 0 Å². The molecule has 56 heavy (non-hydrogen) atoms. The second kappa shape index (κ2) is 16.5. The minimum Gasteiger partial charge on any atom is -0.345 e. The summed E-state index contributed by atoms with van der Waals surface area (Å²) < 4.78 is 0. The average molecular weight is 721 g/mol. The van der Waals surface area contributed by atoms with Crippen molar-refractivity contribution >= 4 is 66.8 Å². The van der Waals surface area contributed by atoms with Crippen LogP contribution in [-0.4, -0.2) is 7.05 Å². The summed E-state index contributed by atoms with van der Waals surface area (Å²) in [4.78, 5) is 4.58. The molecular formula is C54H44N2. The number of allylic oxidation sites excluding steroid dienone is 2. The van der Waals surface area contributed by atoms with Gasteiger partial charge in [-0.05, 0) is 111 Å². The molecule has 0 saturated carbocycles. The van der Waals surface area contributed by atoms with Gasteiger partial charge in [-0.25, -0.2) is 0 Å². The molecule has 0 saturated heterocycles. The number of nitrogens with zero attached hydrogens (tertiary/aromatic N) is 2. The lowest BCUT2D eigenvalue weighted by Crippen LogP contribution is -2.10. The van der Waals surface area contributed by atoms with Crippen molar-refractivity contribution in [1.82, 2.24) is 0 Å². The van der Waals surface area contributed by atoms with E-state index in [2.05, 4.69) is 231 Å². The van der Waals surface area contributed by atoms with Gasteiger partial charge in [0.05, 0.1) is 5.69 Å². The number of hydrogen-bond acceptors (Lipinski definition) is 2. The van der Waals surface area contributed by atoms with Crippen molar-refractivity contribution in [2.24, 2.45) is 0 Å². The highest BCUT2D eigenvalue weighted by atomic mass is 15.1. The van der Waals surface area contributed by atoms with E-state index >= 15 is 0 Å². The largest absolute Gasteiger partial charge is 0.345 e. The number of hydrogen-bond donors (Lipinski definition) is 0. The molecule has 0 atom stereocenters. The van der Waals surface area contributed by atoms with Crippen LogP contribution < -0.4 is 9.80 Å². The molecule has 0 bridgehead atoms. The maximum atomic E-state index is 3.68. The summed E-state index contributed by atoms with van der Waals surface area (Å²) in [5.74, 6) is 0. The highest BCUT2D eigenvalue weighted by Crippen LogP contribution is 2.42. The van der Waals surface area contributed by atoms with E-state index in [0.29, 0.717) is 0 Å². The Labute approximate surface area is 330 Å². The molecule has 9 aromatic carbocycles. The van der Waals surface area contributed by atoms with Gasteiger partial charge in [-0.3, -0.25) is 0 Å². The lowest BCUT2D eigenvalue weighted by molar-refractivity contribution is 1.21. The fourth-order valence-corrected chi connectivity index (χ4v) is 7.50. The van der Waals surface area contributed by atoms with Crippen LogP contribution in [0.5, 0.6) is 0 Å². The molecule has 2 heteroatoms. The molecule has 270 valence electrons. The third-order valence-corrected chi connectivity index (χ3v) is 10.5. The van der Waals surface area contributed by atoms with Gasteiger partial charge < -0.3 is 9.80 Å². The number of anilines is 5.